The highest BCUT2D eigenvalue weighted by molar-refractivity contribution is 5.94. The second-order valence-corrected chi connectivity index (χ2v) is 3.92. The fourth-order valence-electron chi connectivity index (χ4n) is 1.51. The second-order valence-electron chi connectivity index (χ2n) is 3.92. The summed E-state index contributed by atoms with van der Waals surface area (Å²) < 4.78 is 5.08. The van der Waals surface area contributed by atoms with E-state index in [-0.39, 0.29) is 5.78 Å². The van der Waals surface area contributed by atoms with E-state index in [2.05, 4.69) is 10.5 Å². The third-order valence-electron chi connectivity index (χ3n) is 2.43. The number of anilines is 1. The van der Waals surface area contributed by atoms with Crippen molar-refractivity contribution < 1.29 is 9.32 Å². The molecule has 88 valence electrons. The molecule has 0 aliphatic rings. The number of carbonyl (C=O) groups is 1. The summed E-state index contributed by atoms with van der Waals surface area (Å²) in [5.74, 6) is 0.862. The maximum atomic E-state index is 11.1. The van der Waals surface area contributed by atoms with E-state index in [1.807, 2.05) is 25.1 Å². The molecule has 0 saturated heterocycles. The number of benzene rings is 1. The highest BCUT2D eigenvalue weighted by Crippen LogP contribution is 2.12. The third kappa shape index (κ3) is 2.93. The van der Waals surface area contributed by atoms with Crippen LogP contribution in [-0.2, 0) is 6.54 Å². The summed E-state index contributed by atoms with van der Waals surface area (Å²) in [4.78, 5) is 11.1. The van der Waals surface area contributed by atoms with Crippen LogP contribution in [0, 0.1) is 6.92 Å². The number of aryl methyl sites for hydroxylation is 1. The SMILES string of the molecule is CC(=O)c1ccc(NCc2cc(C)no2)cc1. The van der Waals surface area contributed by atoms with Crippen molar-refractivity contribution >= 4 is 11.5 Å². The highest BCUT2D eigenvalue weighted by Gasteiger charge is 2.01. The molecular formula is C13H14N2O2. The molecule has 4 heteroatoms. The summed E-state index contributed by atoms with van der Waals surface area (Å²) in [6.45, 7) is 4.02. The smallest absolute Gasteiger partial charge is 0.159 e. The summed E-state index contributed by atoms with van der Waals surface area (Å²) in [7, 11) is 0. The van der Waals surface area contributed by atoms with Crippen LogP contribution in [0.4, 0.5) is 5.69 Å². The molecule has 0 aliphatic carbocycles. The first-order valence-corrected chi connectivity index (χ1v) is 5.42. The fourth-order valence-corrected chi connectivity index (χ4v) is 1.51. The van der Waals surface area contributed by atoms with Gasteiger partial charge in [-0.2, -0.15) is 0 Å². The first-order valence-electron chi connectivity index (χ1n) is 5.42. The molecule has 1 aromatic carbocycles. The van der Waals surface area contributed by atoms with Gasteiger partial charge >= 0.3 is 0 Å². The average Bonchev–Trinajstić information content (AvgIpc) is 2.73. The number of ketones is 1. The monoisotopic (exact) mass is 230 g/mol. The van der Waals surface area contributed by atoms with Crippen molar-refractivity contribution in [2.75, 3.05) is 5.32 Å². The molecule has 0 amide bonds. The van der Waals surface area contributed by atoms with Crippen LogP contribution in [0.1, 0.15) is 28.7 Å². The normalized spacial score (nSPS) is 10.2. The van der Waals surface area contributed by atoms with Crippen molar-refractivity contribution in [1.29, 1.82) is 0 Å². The maximum absolute atomic E-state index is 11.1. The number of rotatable bonds is 4. The zero-order valence-electron chi connectivity index (χ0n) is 9.86. The first kappa shape index (κ1) is 11.4. The van der Waals surface area contributed by atoms with Crippen molar-refractivity contribution in [2.45, 2.75) is 20.4 Å². The average molecular weight is 230 g/mol. The zero-order valence-corrected chi connectivity index (χ0v) is 9.86. The quantitative estimate of drug-likeness (QED) is 0.820. The van der Waals surface area contributed by atoms with Gasteiger partial charge in [0, 0.05) is 17.3 Å². The van der Waals surface area contributed by atoms with Gasteiger partial charge in [0.1, 0.15) is 0 Å². The number of hydrogen-bond acceptors (Lipinski definition) is 4. The van der Waals surface area contributed by atoms with Crippen molar-refractivity contribution in [2.24, 2.45) is 0 Å². The Kier molecular flexibility index (Phi) is 3.23. The molecule has 2 rings (SSSR count). The van der Waals surface area contributed by atoms with E-state index in [0.717, 1.165) is 17.1 Å². The number of nitrogens with zero attached hydrogens (tertiary/aromatic N) is 1. The Morgan fingerprint density at radius 1 is 1.35 bits per heavy atom. The maximum Gasteiger partial charge on any atom is 0.159 e. The van der Waals surface area contributed by atoms with E-state index in [1.165, 1.54) is 0 Å². The molecule has 1 aromatic heterocycles. The lowest BCUT2D eigenvalue weighted by Gasteiger charge is -2.04. The standard InChI is InChI=1S/C13H14N2O2/c1-9-7-13(17-15-9)8-14-12-5-3-11(4-6-12)10(2)16/h3-7,14H,8H2,1-2H3. The van der Waals surface area contributed by atoms with Gasteiger partial charge < -0.3 is 9.84 Å². The van der Waals surface area contributed by atoms with Gasteiger partial charge in [0.2, 0.25) is 0 Å². The van der Waals surface area contributed by atoms with Crippen molar-refractivity contribution in [3.63, 3.8) is 0 Å². The van der Waals surface area contributed by atoms with Gasteiger partial charge in [-0.15, -0.1) is 0 Å². The predicted octanol–water partition coefficient (Wildman–Crippen LogP) is 2.80. The molecule has 0 unspecified atom stereocenters. The van der Waals surface area contributed by atoms with Crippen molar-refractivity contribution in [3.05, 3.63) is 47.3 Å². The van der Waals surface area contributed by atoms with Crippen LogP contribution in [-0.4, -0.2) is 10.9 Å². The van der Waals surface area contributed by atoms with Crippen molar-refractivity contribution in [3.8, 4) is 0 Å². The molecule has 0 bridgehead atoms. The molecular weight excluding hydrogens is 216 g/mol. The van der Waals surface area contributed by atoms with Gasteiger partial charge in [0.05, 0.1) is 12.2 Å². The molecule has 0 atom stereocenters. The van der Waals surface area contributed by atoms with Crippen LogP contribution in [0.3, 0.4) is 0 Å². The molecule has 1 heterocycles. The molecule has 0 saturated carbocycles. The lowest BCUT2D eigenvalue weighted by Crippen LogP contribution is -1.99. The minimum Gasteiger partial charge on any atom is -0.378 e. The van der Waals surface area contributed by atoms with Crippen LogP contribution >= 0.6 is 0 Å². The minimum atomic E-state index is 0.0717. The summed E-state index contributed by atoms with van der Waals surface area (Å²) in [5.41, 5.74) is 2.53. The van der Waals surface area contributed by atoms with Crippen LogP contribution in [0.15, 0.2) is 34.9 Å². The zero-order chi connectivity index (χ0) is 12.3. The van der Waals surface area contributed by atoms with E-state index < -0.39 is 0 Å². The Labute approximate surface area is 99.6 Å². The van der Waals surface area contributed by atoms with Gasteiger partial charge in [-0.05, 0) is 38.1 Å². The van der Waals surface area contributed by atoms with Crippen LogP contribution in [0.2, 0.25) is 0 Å². The topological polar surface area (TPSA) is 55.1 Å². The number of Topliss-reactive ketones (excluding diaryl/α,β-unsaturated/α-hetero) is 1. The Balaban J connectivity index is 1.97. The summed E-state index contributed by atoms with van der Waals surface area (Å²) in [5, 5.41) is 7.00. The van der Waals surface area contributed by atoms with Gasteiger partial charge in [0.25, 0.3) is 0 Å². The van der Waals surface area contributed by atoms with Gasteiger partial charge in [-0.25, -0.2) is 0 Å². The molecule has 0 spiro atoms. The number of aromatic nitrogens is 1. The van der Waals surface area contributed by atoms with Crippen LogP contribution in [0.25, 0.3) is 0 Å². The molecule has 4 nitrogen and oxygen atoms in total. The lowest BCUT2D eigenvalue weighted by molar-refractivity contribution is 0.101. The lowest BCUT2D eigenvalue weighted by atomic mass is 10.1. The van der Waals surface area contributed by atoms with Gasteiger partial charge in [0.15, 0.2) is 11.5 Å². The third-order valence-corrected chi connectivity index (χ3v) is 2.43. The van der Waals surface area contributed by atoms with Crippen molar-refractivity contribution in [1.82, 2.24) is 5.16 Å². The van der Waals surface area contributed by atoms with Gasteiger partial charge in [-0.1, -0.05) is 5.16 Å². The molecule has 17 heavy (non-hydrogen) atoms. The van der Waals surface area contributed by atoms with E-state index in [4.69, 9.17) is 4.52 Å². The fraction of sp³-hybridized carbons (Fsp3) is 0.231. The van der Waals surface area contributed by atoms with E-state index in [1.54, 1.807) is 19.1 Å². The summed E-state index contributed by atoms with van der Waals surface area (Å²) >= 11 is 0. The summed E-state index contributed by atoms with van der Waals surface area (Å²) in [6.07, 6.45) is 0. The Hall–Kier alpha value is -2.10. The molecule has 0 radical (unpaired) electrons. The van der Waals surface area contributed by atoms with E-state index >= 15 is 0 Å². The van der Waals surface area contributed by atoms with E-state index in [9.17, 15) is 4.79 Å². The van der Waals surface area contributed by atoms with E-state index in [0.29, 0.717) is 12.1 Å². The predicted molar refractivity (Wildman–Crippen MR) is 65.0 cm³/mol. The van der Waals surface area contributed by atoms with Gasteiger partial charge in [-0.3, -0.25) is 4.79 Å². The Morgan fingerprint density at radius 2 is 2.06 bits per heavy atom. The Bertz CT molecular complexity index is 514. The highest BCUT2D eigenvalue weighted by atomic mass is 16.5. The number of carbonyl (C=O) groups excluding carboxylic acids is 1. The summed E-state index contributed by atoms with van der Waals surface area (Å²) in [6, 6.07) is 9.24. The Morgan fingerprint density at radius 3 is 2.59 bits per heavy atom. The molecule has 1 N–H and O–H groups in total. The second kappa shape index (κ2) is 4.82. The van der Waals surface area contributed by atoms with Crippen LogP contribution in [0.5, 0.6) is 0 Å². The molecule has 0 aliphatic heterocycles. The molecule has 0 fully saturated rings. The first-order chi connectivity index (χ1) is 8.15. The minimum absolute atomic E-state index is 0.0717. The largest absolute Gasteiger partial charge is 0.378 e. The number of nitrogens with one attached hydrogen (secondary N) is 1. The number of hydrogen-bond donors (Lipinski definition) is 1. The van der Waals surface area contributed by atoms with Crippen LogP contribution < -0.4 is 5.32 Å². The molecule has 2 aromatic rings.